The molecule has 1 aliphatic heterocycles. The van der Waals surface area contributed by atoms with Gasteiger partial charge in [0.1, 0.15) is 11.2 Å². The zero-order valence-corrected chi connectivity index (χ0v) is 19.9. The van der Waals surface area contributed by atoms with Crippen LogP contribution in [0.2, 0.25) is 0 Å². The van der Waals surface area contributed by atoms with Gasteiger partial charge in [-0.2, -0.15) is 0 Å². The van der Waals surface area contributed by atoms with Gasteiger partial charge in [-0.15, -0.1) is 29.9 Å². The van der Waals surface area contributed by atoms with Gasteiger partial charge < -0.3 is 9.47 Å². The van der Waals surface area contributed by atoms with Crippen molar-refractivity contribution in [2.24, 2.45) is 0 Å². The second-order valence-electron chi connectivity index (χ2n) is 7.25. The molecule has 0 aliphatic carbocycles. The number of carbonyl (C=O) groups excluding carboxylic acids is 1. The number of nitrogens with zero attached hydrogens (tertiary/aromatic N) is 2. The highest BCUT2D eigenvalue weighted by Gasteiger charge is 2.40. The number of fused-ring (bicyclic) bond motifs is 1. The van der Waals surface area contributed by atoms with Gasteiger partial charge >= 0.3 is 5.97 Å². The first-order chi connectivity index (χ1) is 15.0. The van der Waals surface area contributed by atoms with Gasteiger partial charge in [0.05, 0.1) is 17.3 Å². The van der Waals surface area contributed by atoms with Crippen molar-refractivity contribution in [3.63, 3.8) is 0 Å². The topological polar surface area (TPSA) is 61.3 Å². The van der Waals surface area contributed by atoms with Crippen molar-refractivity contribution in [2.45, 2.75) is 42.1 Å². The monoisotopic (exact) mass is 456 g/mol. The molecule has 164 valence electrons. The highest BCUT2D eigenvalue weighted by Crippen LogP contribution is 2.53. The molecular weight excluding hydrogens is 428 g/mol. The first kappa shape index (κ1) is 23.5. The fraction of sp³-hybridized carbons (Fsp3) is 0.458. The van der Waals surface area contributed by atoms with E-state index in [1.54, 1.807) is 25.4 Å². The molecule has 31 heavy (non-hydrogen) atoms. The van der Waals surface area contributed by atoms with Crippen LogP contribution in [0.4, 0.5) is 0 Å². The number of esters is 1. The van der Waals surface area contributed by atoms with E-state index in [1.807, 2.05) is 35.7 Å². The number of thioether (sulfide) groups is 2. The number of ether oxygens (including phenoxy) is 2. The fourth-order valence-electron chi connectivity index (χ4n) is 4.01. The summed E-state index contributed by atoms with van der Waals surface area (Å²) in [6.45, 7) is 2.87. The first-order valence-electron chi connectivity index (χ1n) is 10.3. The van der Waals surface area contributed by atoms with E-state index in [0.29, 0.717) is 38.3 Å². The maximum atomic E-state index is 11.9. The number of benzene rings is 1. The molecule has 7 heteroatoms. The number of aromatic nitrogens is 2. The number of hydrogen-bond donors (Lipinski definition) is 0. The van der Waals surface area contributed by atoms with E-state index < -0.39 is 5.41 Å². The number of rotatable bonds is 9. The summed E-state index contributed by atoms with van der Waals surface area (Å²) in [5, 5.41) is 0. The molecule has 0 bridgehead atoms. The van der Waals surface area contributed by atoms with Crippen LogP contribution < -0.4 is 4.74 Å². The summed E-state index contributed by atoms with van der Waals surface area (Å²) in [5.41, 5.74) is 1.24. The molecule has 1 unspecified atom stereocenters. The maximum Gasteiger partial charge on any atom is 0.305 e. The number of terminal acetylenes is 1. The molecule has 3 rings (SSSR count). The Labute approximate surface area is 193 Å². The third-order valence-electron chi connectivity index (χ3n) is 5.66. The molecule has 0 spiro atoms. The molecule has 0 saturated carbocycles. The number of hydrogen-bond acceptors (Lipinski definition) is 7. The summed E-state index contributed by atoms with van der Waals surface area (Å²) < 4.78 is 11.0. The van der Waals surface area contributed by atoms with Crippen molar-refractivity contribution < 1.29 is 14.3 Å². The van der Waals surface area contributed by atoms with Crippen molar-refractivity contribution in [1.82, 2.24) is 9.97 Å². The smallest absolute Gasteiger partial charge is 0.305 e. The minimum Gasteiger partial charge on any atom is -0.493 e. The molecule has 0 amide bonds. The summed E-state index contributed by atoms with van der Waals surface area (Å²) >= 11 is 3.65. The highest BCUT2D eigenvalue weighted by atomic mass is 32.2. The van der Waals surface area contributed by atoms with E-state index >= 15 is 0 Å². The zero-order chi connectivity index (χ0) is 22.3. The maximum absolute atomic E-state index is 11.9. The van der Waals surface area contributed by atoms with Gasteiger partial charge in [-0.3, -0.25) is 4.79 Å². The lowest BCUT2D eigenvalue weighted by Gasteiger charge is -2.37. The van der Waals surface area contributed by atoms with Crippen LogP contribution in [0.15, 0.2) is 36.7 Å². The average molecular weight is 457 g/mol. The van der Waals surface area contributed by atoms with Crippen LogP contribution in [0.3, 0.4) is 0 Å². The lowest BCUT2D eigenvalue weighted by atomic mass is 9.75. The second-order valence-corrected chi connectivity index (χ2v) is 9.72. The molecule has 1 atom stereocenters. The van der Waals surface area contributed by atoms with Gasteiger partial charge in [0.2, 0.25) is 0 Å². The molecule has 1 aromatic carbocycles. The van der Waals surface area contributed by atoms with Gasteiger partial charge in [0, 0.05) is 30.8 Å². The average Bonchev–Trinajstić information content (AvgIpc) is 2.82. The Morgan fingerprint density at radius 3 is 2.71 bits per heavy atom. The van der Waals surface area contributed by atoms with Crippen LogP contribution in [0.1, 0.15) is 49.6 Å². The van der Waals surface area contributed by atoms with Crippen LogP contribution in [0.5, 0.6) is 5.75 Å². The van der Waals surface area contributed by atoms with Crippen molar-refractivity contribution >= 4 is 29.5 Å². The van der Waals surface area contributed by atoms with E-state index in [4.69, 9.17) is 15.9 Å². The Kier molecular flexibility index (Phi) is 7.90. The largest absolute Gasteiger partial charge is 0.493 e. The normalized spacial score (nSPS) is 16.3. The van der Waals surface area contributed by atoms with Crippen molar-refractivity contribution in [2.75, 3.05) is 25.7 Å². The third kappa shape index (κ3) is 4.70. The van der Waals surface area contributed by atoms with E-state index in [-0.39, 0.29) is 10.0 Å². The Morgan fingerprint density at radius 1 is 1.32 bits per heavy atom. The molecule has 5 nitrogen and oxygen atoms in total. The van der Waals surface area contributed by atoms with E-state index in [1.165, 1.54) is 0 Å². The van der Waals surface area contributed by atoms with E-state index in [2.05, 4.69) is 34.5 Å². The zero-order valence-electron chi connectivity index (χ0n) is 18.2. The molecule has 1 aliphatic rings. The summed E-state index contributed by atoms with van der Waals surface area (Å²) in [7, 11) is 0. The molecule has 1 aromatic heterocycles. The van der Waals surface area contributed by atoms with Gasteiger partial charge in [0.25, 0.3) is 0 Å². The predicted octanol–water partition coefficient (Wildman–Crippen LogP) is 4.79. The Balaban J connectivity index is 2.06. The van der Waals surface area contributed by atoms with Gasteiger partial charge in [-0.05, 0) is 56.0 Å². The Bertz CT molecular complexity index is 942. The summed E-state index contributed by atoms with van der Waals surface area (Å²) in [6, 6.07) is 7.94. The standard InChI is InChI=1S/C24H28N2O3S2/c1-5-23(22-25-14-8-15-26-22,12-7-9-21(27)28-6-2)18-10-11-20-19(17-18)24(30-3,31-4)13-16-29-20/h1,8,10-11,14-15,17H,6-7,9,12-13,16H2,2-4H3. The van der Waals surface area contributed by atoms with Crippen LogP contribution >= 0.6 is 23.5 Å². The van der Waals surface area contributed by atoms with Crippen molar-refractivity contribution in [3.05, 3.63) is 53.6 Å². The Hall–Kier alpha value is -2.17. The number of carbonyl (C=O) groups is 1. The molecule has 0 fully saturated rings. The SMILES string of the molecule is C#CC(CCCC(=O)OCC)(c1ccc2c(c1)C(SC)(SC)CCO2)c1ncccn1. The molecule has 0 radical (unpaired) electrons. The molecule has 2 heterocycles. The summed E-state index contributed by atoms with van der Waals surface area (Å²) in [5.74, 6) is 4.24. The lowest BCUT2D eigenvalue weighted by molar-refractivity contribution is -0.143. The van der Waals surface area contributed by atoms with Gasteiger partial charge in [-0.1, -0.05) is 12.0 Å². The third-order valence-corrected chi connectivity index (χ3v) is 8.83. The minimum atomic E-state index is -0.844. The second kappa shape index (κ2) is 10.4. The van der Waals surface area contributed by atoms with Crippen LogP contribution in [0, 0.1) is 12.3 Å². The van der Waals surface area contributed by atoms with E-state index in [9.17, 15) is 4.79 Å². The quantitative estimate of drug-likeness (QED) is 0.305. The molecule has 0 N–H and O–H groups in total. The summed E-state index contributed by atoms with van der Waals surface area (Å²) in [6.07, 6.45) is 16.2. The predicted molar refractivity (Wildman–Crippen MR) is 127 cm³/mol. The lowest BCUT2D eigenvalue weighted by Crippen LogP contribution is -2.31. The fourth-order valence-corrected chi connectivity index (χ4v) is 6.01. The molecule has 0 saturated heterocycles. The van der Waals surface area contributed by atoms with Gasteiger partial charge in [0.15, 0.2) is 5.82 Å². The van der Waals surface area contributed by atoms with Gasteiger partial charge in [-0.25, -0.2) is 9.97 Å². The summed E-state index contributed by atoms with van der Waals surface area (Å²) in [4.78, 5) is 20.9. The van der Waals surface area contributed by atoms with Crippen molar-refractivity contribution in [1.29, 1.82) is 0 Å². The Morgan fingerprint density at radius 2 is 2.06 bits per heavy atom. The molecular formula is C24H28N2O3S2. The van der Waals surface area contributed by atoms with Crippen LogP contribution in [-0.2, 0) is 19.0 Å². The first-order valence-corrected chi connectivity index (χ1v) is 12.8. The van der Waals surface area contributed by atoms with Crippen LogP contribution in [-0.4, -0.2) is 41.7 Å². The molecule has 2 aromatic rings. The van der Waals surface area contributed by atoms with Crippen molar-refractivity contribution in [3.8, 4) is 18.1 Å². The minimum absolute atomic E-state index is 0.0909. The van der Waals surface area contributed by atoms with Crippen LogP contribution in [0.25, 0.3) is 0 Å². The highest BCUT2D eigenvalue weighted by molar-refractivity contribution is 8.16. The van der Waals surface area contributed by atoms with E-state index in [0.717, 1.165) is 23.3 Å².